The Balaban J connectivity index is 1.71. The highest BCUT2D eigenvalue weighted by Crippen LogP contribution is 2.29. The number of nitrogens with one attached hydrogen (secondary N) is 1. The fourth-order valence-corrected chi connectivity index (χ4v) is 5.44. The summed E-state index contributed by atoms with van der Waals surface area (Å²) in [7, 11) is -3.94. The highest BCUT2D eigenvalue weighted by molar-refractivity contribution is 7.89. The van der Waals surface area contributed by atoms with Crippen LogP contribution < -0.4 is 5.32 Å². The van der Waals surface area contributed by atoms with Gasteiger partial charge in [-0.05, 0) is 56.4 Å². The van der Waals surface area contributed by atoms with Crippen molar-refractivity contribution in [3.05, 3.63) is 46.9 Å². The molecule has 2 aromatic rings. The van der Waals surface area contributed by atoms with Gasteiger partial charge in [0.25, 0.3) is 0 Å². The average molecular weight is 482 g/mol. The summed E-state index contributed by atoms with van der Waals surface area (Å²) < 4.78 is 60.1. The van der Waals surface area contributed by atoms with Crippen LogP contribution in [-0.4, -0.2) is 43.4 Å². The van der Waals surface area contributed by atoms with Crippen molar-refractivity contribution in [3.63, 3.8) is 0 Å². The van der Waals surface area contributed by atoms with Crippen molar-refractivity contribution in [2.24, 2.45) is 11.8 Å². The number of aryl methyl sites for hydroxylation is 1. The Labute approximate surface area is 192 Å². The molecule has 1 aliphatic rings. The first-order valence-corrected chi connectivity index (χ1v) is 12.4. The molecule has 1 amide bonds. The third-order valence-electron chi connectivity index (χ3n) is 5.65. The van der Waals surface area contributed by atoms with Crippen LogP contribution in [0, 0.1) is 30.4 Å². The largest absolute Gasteiger partial charge is 0.356 e. The highest BCUT2D eigenvalue weighted by atomic mass is 32.2. The Hall–Kier alpha value is -2.59. The second kappa shape index (κ2) is 10.6. The number of carbonyl (C=O) groups is 1. The first-order chi connectivity index (χ1) is 15.6. The Morgan fingerprint density at radius 3 is 2.61 bits per heavy atom. The molecule has 10 heteroatoms. The minimum absolute atomic E-state index is 0.0372. The molecule has 0 saturated carbocycles. The molecule has 0 bridgehead atoms. The van der Waals surface area contributed by atoms with Gasteiger partial charge >= 0.3 is 0 Å². The van der Waals surface area contributed by atoms with E-state index in [-0.39, 0.29) is 46.8 Å². The van der Waals surface area contributed by atoms with Gasteiger partial charge in [0.15, 0.2) is 10.7 Å². The normalized spacial score (nSPS) is 16.1. The van der Waals surface area contributed by atoms with E-state index in [0.717, 1.165) is 18.6 Å². The molecule has 1 N–H and O–H groups in total. The number of benzene rings is 1. The second-order valence-corrected chi connectivity index (χ2v) is 10.5. The van der Waals surface area contributed by atoms with E-state index in [0.29, 0.717) is 25.3 Å². The van der Waals surface area contributed by atoms with Gasteiger partial charge in [-0.3, -0.25) is 4.79 Å². The van der Waals surface area contributed by atoms with Crippen LogP contribution >= 0.6 is 0 Å². The summed E-state index contributed by atoms with van der Waals surface area (Å²) in [5, 5.41) is 6.70. The fraction of sp³-hybridized carbons (Fsp3) is 0.478. The number of hydrogen-bond acceptors (Lipinski definition) is 5. The van der Waals surface area contributed by atoms with Gasteiger partial charge in [-0.25, -0.2) is 17.2 Å². The maximum Gasteiger partial charge on any atom is 0.248 e. The summed E-state index contributed by atoms with van der Waals surface area (Å²) in [5.41, 5.74) is 0.265. The maximum absolute atomic E-state index is 13.9. The van der Waals surface area contributed by atoms with Crippen molar-refractivity contribution < 1.29 is 26.5 Å². The van der Waals surface area contributed by atoms with E-state index in [1.54, 1.807) is 0 Å². The predicted molar refractivity (Wildman–Crippen MR) is 120 cm³/mol. The summed E-state index contributed by atoms with van der Waals surface area (Å²) in [4.78, 5) is 12.3. The third kappa shape index (κ3) is 6.05. The van der Waals surface area contributed by atoms with Gasteiger partial charge in [0.2, 0.25) is 15.9 Å². The number of sulfonamides is 1. The molecular weight excluding hydrogens is 452 g/mol. The van der Waals surface area contributed by atoms with E-state index in [1.807, 2.05) is 0 Å². The standard InChI is InChI=1S/C23H29F2N3O4S/c1-15(2)8-11-26-23(29)18-9-12-28(13-10-18)33(30,31)22-16(3)27-32-21(22)7-5-17-4-6-19(24)14-20(17)25/h4-7,14-15,18H,8-13H2,1-3H3,(H,26,29). The molecule has 1 saturated heterocycles. The van der Waals surface area contributed by atoms with Gasteiger partial charge in [-0.15, -0.1) is 0 Å². The van der Waals surface area contributed by atoms with Gasteiger partial charge in [0.1, 0.15) is 17.3 Å². The molecule has 0 radical (unpaired) electrons. The first kappa shape index (κ1) is 25.0. The zero-order valence-corrected chi connectivity index (χ0v) is 19.8. The predicted octanol–water partition coefficient (Wildman–Crippen LogP) is 3.99. The van der Waals surface area contributed by atoms with Crippen LogP contribution in [0.5, 0.6) is 0 Å². The zero-order valence-electron chi connectivity index (χ0n) is 19.0. The van der Waals surface area contributed by atoms with Crippen LogP contribution in [0.1, 0.15) is 50.1 Å². The van der Waals surface area contributed by atoms with E-state index in [2.05, 4.69) is 24.3 Å². The summed E-state index contributed by atoms with van der Waals surface area (Å²) in [5.74, 6) is -1.30. The topological polar surface area (TPSA) is 92.5 Å². The average Bonchev–Trinajstić information content (AvgIpc) is 3.14. The number of rotatable bonds is 8. The Kier molecular flexibility index (Phi) is 8.01. The zero-order chi connectivity index (χ0) is 24.2. The SMILES string of the molecule is Cc1noc(C=Cc2ccc(F)cc2F)c1S(=O)(=O)N1CCC(C(=O)NCCC(C)C)CC1. The van der Waals surface area contributed by atoms with Gasteiger partial charge < -0.3 is 9.84 Å². The molecule has 1 fully saturated rings. The molecule has 180 valence electrons. The quantitative estimate of drug-likeness (QED) is 0.615. The molecule has 0 atom stereocenters. The van der Waals surface area contributed by atoms with Crippen LogP contribution in [0.4, 0.5) is 8.78 Å². The molecule has 1 aliphatic heterocycles. The summed E-state index contributed by atoms with van der Waals surface area (Å²) in [6.07, 6.45) is 4.34. The van der Waals surface area contributed by atoms with Crippen LogP contribution in [-0.2, 0) is 14.8 Å². The van der Waals surface area contributed by atoms with Crippen molar-refractivity contribution in [2.75, 3.05) is 19.6 Å². The van der Waals surface area contributed by atoms with E-state index in [1.165, 1.54) is 29.4 Å². The van der Waals surface area contributed by atoms with Crippen molar-refractivity contribution in [1.29, 1.82) is 0 Å². The third-order valence-corrected chi connectivity index (χ3v) is 7.71. The van der Waals surface area contributed by atoms with E-state index in [9.17, 15) is 22.0 Å². The van der Waals surface area contributed by atoms with Crippen molar-refractivity contribution in [2.45, 2.75) is 44.9 Å². The number of carbonyl (C=O) groups excluding carboxylic acids is 1. The van der Waals surface area contributed by atoms with Crippen molar-refractivity contribution >= 4 is 28.1 Å². The minimum Gasteiger partial charge on any atom is -0.356 e. The Morgan fingerprint density at radius 1 is 1.27 bits per heavy atom. The lowest BCUT2D eigenvalue weighted by Gasteiger charge is -2.30. The lowest BCUT2D eigenvalue weighted by atomic mass is 9.97. The smallest absolute Gasteiger partial charge is 0.248 e. The van der Waals surface area contributed by atoms with Crippen LogP contribution in [0.3, 0.4) is 0 Å². The summed E-state index contributed by atoms with van der Waals surface area (Å²) >= 11 is 0. The second-order valence-electron chi connectivity index (χ2n) is 8.61. The van der Waals surface area contributed by atoms with Gasteiger partial charge in [0, 0.05) is 37.2 Å². The number of aromatic nitrogens is 1. The molecule has 33 heavy (non-hydrogen) atoms. The number of nitrogens with zero attached hydrogens (tertiary/aromatic N) is 2. The number of hydrogen-bond donors (Lipinski definition) is 1. The summed E-state index contributed by atoms with van der Waals surface area (Å²) in [6.45, 7) is 6.69. The number of halogens is 2. The monoisotopic (exact) mass is 481 g/mol. The van der Waals surface area contributed by atoms with Crippen molar-refractivity contribution in [3.8, 4) is 0 Å². The van der Waals surface area contributed by atoms with Gasteiger partial charge in [-0.1, -0.05) is 19.0 Å². The summed E-state index contributed by atoms with van der Waals surface area (Å²) in [6, 6.07) is 3.09. The minimum atomic E-state index is -3.94. The first-order valence-electron chi connectivity index (χ1n) is 11.0. The molecule has 1 aromatic carbocycles. The molecule has 0 spiro atoms. The molecule has 0 unspecified atom stereocenters. The Morgan fingerprint density at radius 2 is 1.97 bits per heavy atom. The van der Waals surface area contributed by atoms with E-state index < -0.39 is 21.7 Å². The van der Waals surface area contributed by atoms with E-state index in [4.69, 9.17) is 4.52 Å². The number of amides is 1. The van der Waals surface area contributed by atoms with Gasteiger partial charge in [-0.2, -0.15) is 4.31 Å². The molecule has 2 heterocycles. The molecule has 0 aliphatic carbocycles. The number of piperidine rings is 1. The fourth-order valence-electron chi connectivity index (χ4n) is 3.72. The lowest BCUT2D eigenvalue weighted by Crippen LogP contribution is -2.43. The van der Waals surface area contributed by atoms with Gasteiger partial charge in [0.05, 0.1) is 0 Å². The lowest BCUT2D eigenvalue weighted by molar-refractivity contribution is -0.126. The van der Waals surface area contributed by atoms with Crippen molar-refractivity contribution in [1.82, 2.24) is 14.8 Å². The molecular formula is C23H29F2N3O4S. The molecule has 3 rings (SSSR count). The Bertz CT molecular complexity index is 1120. The van der Waals surface area contributed by atoms with Crippen LogP contribution in [0.15, 0.2) is 27.6 Å². The van der Waals surface area contributed by atoms with Crippen LogP contribution in [0.25, 0.3) is 12.2 Å². The molecule has 1 aromatic heterocycles. The van der Waals surface area contributed by atoms with Crippen LogP contribution in [0.2, 0.25) is 0 Å². The van der Waals surface area contributed by atoms with E-state index >= 15 is 0 Å². The highest BCUT2D eigenvalue weighted by Gasteiger charge is 2.35. The molecule has 7 nitrogen and oxygen atoms in total. The maximum atomic E-state index is 13.9.